The minimum absolute atomic E-state index is 0.0226. The number of aromatic nitrogens is 1. The number of hydrogen-bond acceptors (Lipinski definition) is 9. The Labute approximate surface area is 247 Å². The van der Waals surface area contributed by atoms with Crippen molar-refractivity contribution < 1.29 is 33.2 Å². The van der Waals surface area contributed by atoms with Crippen LogP contribution in [-0.2, 0) is 27.1 Å². The fourth-order valence-electron chi connectivity index (χ4n) is 6.24. The van der Waals surface area contributed by atoms with E-state index in [0.717, 1.165) is 68.8 Å². The molecule has 0 aliphatic carbocycles. The Balaban J connectivity index is 1.12. The Hall–Kier alpha value is -3.15. The van der Waals surface area contributed by atoms with E-state index < -0.39 is 17.8 Å². The maximum absolute atomic E-state index is 15.1. The maximum atomic E-state index is 15.1. The van der Waals surface area contributed by atoms with Crippen LogP contribution >= 0.6 is 0 Å². The number of unbranched alkanes of at least 4 members (excludes halogenated alkanes) is 2. The lowest BCUT2D eigenvalue weighted by molar-refractivity contribution is -0.143. The second-order valence-electron chi connectivity index (χ2n) is 11.2. The van der Waals surface area contributed by atoms with Gasteiger partial charge in [-0.25, -0.2) is 9.37 Å². The van der Waals surface area contributed by atoms with Gasteiger partial charge in [0.25, 0.3) is 0 Å². The molecular weight excluding hydrogens is 543 g/mol. The van der Waals surface area contributed by atoms with E-state index in [9.17, 15) is 9.90 Å². The van der Waals surface area contributed by atoms with Crippen molar-refractivity contribution in [2.24, 2.45) is 0 Å². The molecule has 10 nitrogen and oxygen atoms in total. The Bertz CT molecular complexity index is 1210. The fourth-order valence-corrected chi connectivity index (χ4v) is 6.24. The summed E-state index contributed by atoms with van der Waals surface area (Å²) in [6.07, 6.45) is 6.55. The van der Waals surface area contributed by atoms with Crippen LogP contribution < -0.4 is 19.7 Å². The van der Waals surface area contributed by atoms with Crippen molar-refractivity contribution in [1.82, 2.24) is 9.88 Å². The van der Waals surface area contributed by atoms with Crippen molar-refractivity contribution >= 4 is 17.5 Å². The van der Waals surface area contributed by atoms with E-state index >= 15 is 4.39 Å². The minimum Gasteiger partial charge on any atom is -0.496 e. The zero-order valence-electron chi connectivity index (χ0n) is 24.7. The first-order chi connectivity index (χ1) is 20.5. The average Bonchev–Trinajstić information content (AvgIpc) is 3.46. The topological polar surface area (TPSA) is 106 Å². The van der Waals surface area contributed by atoms with E-state index in [4.69, 9.17) is 23.9 Å². The van der Waals surface area contributed by atoms with Crippen molar-refractivity contribution in [1.29, 1.82) is 0 Å². The number of likely N-dealkylation sites (tertiary alicyclic amines) is 1. The number of halogens is 1. The van der Waals surface area contributed by atoms with Crippen molar-refractivity contribution in [2.75, 3.05) is 77.0 Å². The lowest BCUT2D eigenvalue weighted by Crippen LogP contribution is -2.37. The number of morpholine rings is 1. The molecule has 4 heterocycles. The number of aliphatic carboxylic acids is 1. The van der Waals surface area contributed by atoms with E-state index in [2.05, 4.69) is 11.4 Å². The Morgan fingerprint density at radius 1 is 1.17 bits per heavy atom. The molecule has 5 rings (SSSR count). The second kappa shape index (κ2) is 14.3. The van der Waals surface area contributed by atoms with Crippen LogP contribution in [0.5, 0.6) is 11.5 Å². The van der Waals surface area contributed by atoms with Gasteiger partial charge in [0.1, 0.15) is 17.6 Å². The molecule has 2 fully saturated rings. The number of pyridine rings is 1. The number of carbonyl (C=O) groups is 1. The number of nitrogens with one attached hydrogen (secondary N) is 1. The molecule has 0 amide bonds. The third-order valence-electron chi connectivity index (χ3n) is 8.39. The molecule has 2 N–H and O–H groups in total. The van der Waals surface area contributed by atoms with Gasteiger partial charge in [0.15, 0.2) is 11.6 Å². The number of fused-ring (bicyclic) bond motifs is 1. The molecule has 0 unspecified atom stereocenters. The number of anilines is 2. The molecule has 3 aliphatic rings. The first kappa shape index (κ1) is 30.3. The van der Waals surface area contributed by atoms with Gasteiger partial charge in [-0.05, 0) is 44.6 Å². The highest BCUT2D eigenvalue weighted by Crippen LogP contribution is 2.38. The van der Waals surface area contributed by atoms with Crippen LogP contribution in [0.2, 0.25) is 0 Å². The van der Waals surface area contributed by atoms with Crippen LogP contribution in [-0.4, -0.2) is 93.8 Å². The summed E-state index contributed by atoms with van der Waals surface area (Å²) < 4.78 is 37.6. The van der Waals surface area contributed by atoms with Crippen LogP contribution in [0, 0.1) is 5.82 Å². The Morgan fingerprint density at radius 2 is 2.00 bits per heavy atom. The zero-order valence-corrected chi connectivity index (χ0v) is 24.7. The molecule has 1 aromatic carbocycles. The monoisotopic (exact) mass is 586 g/mol. The fraction of sp³-hybridized carbons (Fsp3) is 0.613. The molecule has 0 saturated carbocycles. The number of carboxylic acids is 1. The molecule has 11 heteroatoms. The summed E-state index contributed by atoms with van der Waals surface area (Å²) >= 11 is 0. The lowest BCUT2D eigenvalue weighted by atomic mass is 10.0. The highest BCUT2D eigenvalue weighted by Gasteiger charge is 2.37. The molecule has 3 aliphatic heterocycles. The van der Waals surface area contributed by atoms with E-state index in [1.807, 2.05) is 9.80 Å². The number of ether oxygens (including phenoxy) is 4. The highest BCUT2D eigenvalue weighted by molar-refractivity contribution is 5.78. The number of benzene rings is 1. The summed E-state index contributed by atoms with van der Waals surface area (Å²) in [4.78, 5) is 21.2. The Morgan fingerprint density at radius 3 is 2.76 bits per heavy atom. The molecule has 0 radical (unpaired) electrons. The number of aryl methyl sites for hydroxylation is 1. The van der Waals surface area contributed by atoms with Crippen LogP contribution in [0.3, 0.4) is 0 Å². The molecule has 0 spiro atoms. The normalized spacial score (nSPS) is 19.7. The standard InChI is InChI=1S/C31H43FN4O6/c1-39-27-17-21(34-30-24(27)8-6-10-33-30)7-4-3-5-14-42-23-9-11-36(20-23)28(31(37)38)25-18-22(19-26(32)29(25)40-2)35-12-15-41-16-13-35/h17-19,23,28H,3-16,20H2,1-2H3,(H,33,34)(H,37,38)/t23-,28+/m1/s1. The van der Waals surface area contributed by atoms with E-state index in [1.165, 1.54) is 18.7 Å². The molecular formula is C31H43FN4O6. The van der Waals surface area contributed by atoms with Crippen molar-refractivity contribution in [3.63, 3.8) is 0 Å². The van der Waals surface area contributed by atoms with E-state index in [1.54, 1.807) is 13.2 Å². The van der Waals surface area contributed by atoms with Crippen molar-refractivity contribution in [2.45, 2.75) is 57.1 Å². The summed E-state index contributed by atoms with van der Waals surface area (Å²) in [6, 6.07) is 4.20. The van der Waals surface area contributed by atoms with Crippen molar-refractivity contribution in [3.8, 4) is 11.5 Å². The number of rotatable bonds is 13. The first-order valence-electron chi connectivity index (χ1n) is 15.1. The van der Waals surface area contributed by atoms with Gasteiger partial charge < -0.3 is 34.3 Å². The zero-order chi connectivity index (χ0) is 29.5. The van der Waals surface area contributed by atoms with Gasteiger partial charge in [-0.1, -0.05) is 6.42 Å². The maximum Gasteiger partial charge on any atom is 0.325 e. The van der Waals surface area contributed by atoms with Gasteiger partial charge in [0, 0.05) is 74.0 Å². The number of nitrogens with zero attached hydrogens (tertiary/aromatic N) is 3. The minimum atomic E-state index is -1.03. The third kappa shape index (κ3) is 7.07. The lowest BCUT2D eigenvalue weighted by Gasteiger charge is -2.31. The number of carboxylic acid groups (broad SMARTS) is 1. The number of hydrogen-bond donors (Lipinski definition) is 2. The van der Waals surface area contributed by atoms with Gasteiger partial charge in [0.05, 0.1) is 33.5 Å². The largest absolute Gasteiger partial charge is 0.496 e. The van der Waals surface area contributed by atoms with E-state index in [-0.39, 0.29) is 11.9 Å². The predicted octanol–water partition coefficient (Wildman–Crippen LogP) is 4.06. The molecule has 1 aromatic heterocycles. The summed E-state index contributed by atoms with van der Waals surface area (Å²) in [5, 5.41) is 13.6. The van der Waals surface area contributed by atoms with Crippen LogP contribution in [0.25, 0.3) is 0 Å². The molecule has 2 atom stereocenters. The summed E-state index contributed by atoms with van der Waals surface area (Å²) in [7, 11) is 3.09. The van der Waals surface area contributed by atoms with Crippen LogP contribution in [0.4, 0.5) is 15.9 Å². The van der Waals surface area contributed by atoms with Crippen molar-refractivity contribution in [3.05, 3.63) is 40.8 Å². The summed E-state index contributed by atoms with van der Waals surface area (Å²) in [6.45, 7) is 4.92. The van der Waals surface area contributed by atoms with Gasteiger partial charge in [-0.3, -0.25) is 9.69 Å². The summed E-state index contributed by atoms with van der Waals surface area (Å²) in [5.41, 5.74) is 3.18. The second-order valence-corrected chi connectivity index (χ2v) is 11.2. The van der Waals surface area contributed by atoms with Crippen LogP contribution in [0.15, 0.2) is 18.2 Å². The van der Waals surface area contributed by atoms with Gasteiger partial charge in [-0.2, -0.15) is 0 Å². The third-order valence-corrected chi connectivity index (χ3v) is 8.39. The Kier molecular flexibility index (Phi) is 10.4. The van der Waals surface area contributed by atoms with Crippen LogP contribution in [0.1, 0.15) is 55.0 Å². The smallest absolute Gasteiger partial charge is 0.325 e. The average molecular weight is 587 g/mol. The quantitative estimate of drug-likeness (QED) is 0.334. The SMILES string of the molecule is COc1cc(CCCCCO[C@@H]2CCN([C@H](C(=O)O)c3cc(N4CCOCC4)cc(F)c3OC)C2)nc2c1CCCN2. The van der Waals surface area contributed by atoms with Gasteiger partial charge in [-0.15, -0.1) is 0 Å². The molecule has 0 bridgehead atoms. The van der Waals surface area contributed by atoms with Gasteiger partial charge in [0.2, 0.25) is 0 Å². The number of methoxy groups -OCH3 is 2. The molecule has 2 aromatic rings. The van der Waals surface area contributed by atoms with E-state index in [0.29, 0.717) is 57.3 Å². The van der Waals surface area contributed by atoms with Gasteiger partial charge >= 0.3 is 5.97 Å². The molecule has 230 valence electrons. The highest BCUT2D eigenvalue weighted by atomic mass is 19.1. The predicted molar refractivity (Wildman–Crippen MR) is 157 cm³/mol. The summed E-state index contributed by atoms with van der Waals surface area (Å²) in [5.74, 6) is 0.262. The molecule has 2 saturated heterocycles. The first-order valence-corrected chi connectivity index (χ1v) is 15.1. The molecule has 42 heavy (non-hydrogen) atoms.